The minimum atomic E-state index is -0.275. The number of nitrogens with zero attached hydrogens (tertiary/aromatic N) is 1. The number of carbonyl (C=O) groups is 1. The van der Waals surface area contributed by atoms with Crippen LogP contribution in [0.3, 0.4) is 0 Å². The number of amides is 1. The van der Waals surface area contributed by atoms with Gasteiger partial charge in [0.1, 0.15) is 11.6 Å². The van der Waals surface area contributed by atoms with Crippen molar-refractivity contribution in [3.05, 3.63) is 81.6 Å². The molecule has 0 bridgehead atoms. The van der Waals surface area contributed by atoms with Gasteiger partial charge in [-0.15, -0.1) is 11.3 Å². The second-order valence-corrected chi connectivity index (χ2v) is 8.12. The molecule has 0 saturated carbocycles. The van der Waals surface area contributed by atoms with E-state index in [0.29, 0.717) is 12.3 Å². The number of hydrogen-bond donors (Lipinski definition) is 1. The molecule has 1 amide bonds. The highest BCUT2D eigenvalue weighted by molar-refractivity contribution is 7.09. The minimum Gasteiger partial charge on any atom is -0.497 e. The summed E-state index contributed by atoms with van der Waals surface area (Å²) in [7, 11) is 1.62. The lowest BCUT2D eigenvalue weighted by molar-refractivity contribution is -0.121. The molecule has 152 valence electrons. The first-order chi connectivity index (χ1) is 13.9. The van der Waals surface area contributed by atoms with E-state index in [0.717, 1.165) is 27.6 Å². The van der Waals surface area contributed by atoms with E-state index in [2.05, 4.69) is 24.1 Å². The van der Waals surface area contributed by atoms with Gasteiger partial charge in [-0.25, -0.2) is 9.37 Å². The van der Waals surface area contributed by atoms with Crippen molar-refractivity contribution in [2.45, 2.75) is 38.6 Å². The summed E-state index contributed by atoms with van der Waals surface area (Å²) in [6.07, 6.45) is 0.798. The van der Waals surface area contributed by atoms with E-state index in [1.807, 2.05) is 29.6 Å². The van der Waals surface area contributed by atoms with Crippen LogP contribution in [-0.4, -0.2) is 18.0 Å². The van der Waals surface area contributed by atoms with Crippen molar-refractivity contribution in [3.8, 4) is 5.75 Å². The van der Waals surface area contributed by atoms with Crippen molar-refractivity contribution >= 4 is 17.2 Å². The van der Waals surface area contributed by atoms with Crippen LogP contribution in [0.4, 0.5) is 4.39 Å². The number of carbonyl (C=O) groups excluding carboxylic acids is 1. The van der Waals surface area contributed by atoms with Crippen molar-refractivity contribution in [2.75, 3.05) is 7.11 Å². The summed E-state index contributed by atoms with van der Waals surface area (Å²) < 4.78 is 18.5. The quantitative estimate of drug-likeness (QED) is 0.563. The first-order valence-electron chi connectivity index (χ1n) is 9.56. The topological polar surface area (TPSA) is 51.2 Å². The maximum atomic E-state index is 13.3. The van der Waals surface area contributed by atoms with Gasteiger partial charge >= 0.3 is 0 Å². The first-order valence-corrected chi connectivity index (χ1v) is 10.4. The highest BCUT2D eigenvalue weighted by Crippen LogP contribution is 2.23. The Bertz CT molecular complexity index is 936. The van der Waals surface area contributed by atoms with Gasteiger partial charge < -0.3 is 10.1 Å². The highest BCUT2D eigenvalue weighted by atomic mass is 32.1. The Morgan fingerprint density at radius 2 is 1.83 bits per heavy atom. The van der Waals surface area contributed by atoms with Gasteiger partial charge in [0.15, 0.2) is 0 Å². The van der Waals surface area contributed by atoms with Gasteiger partial charge in [0.25, 0.3) is 0 Å². The summed E-state index contributed by atoms with van der Waals surface area (Å²) in [5, 5.41) is 6.09. The monoisotopic (exact) mass is 412 g/mol. The summed E-state index contributed by atoms with van der Waals surface area (Å²) in [6, 6.07) is 13.7. The van der Waals surface area contributed by atoms with Gasteiger partial charge in [0.05, 0.1) is 30.3 Å². The molecule has 1 unspecified atom stereocenters. The Labute approximate surface area is 174 Å². The van der Waals surface area contributed by atoms with E-state index in [9.17, 15) is 9.18 Å². The number of aromatic nitrogens is 1. The van der Waals surface area contributed by atoms with Gasteiger partial charge in [-0.1, -0.05) is 38.1 Å². The van der Waals surface area contributed by atoms with Gasteiger partial charge in [-0.05, 0) is 41.8 Å². The minimum absolute atomic E-state index is 0.0893. The van der Waals surface area contributed by atoms with E-state index in [1.54, 1.807) is 30.6 Å². The molecule has 6 heteroatoms. The standard InChI is InChI=1S/C23H25FN2O2S/c1-15(2)23-25-19(14-29-23)13-22(27)26-21(12-16-4-8-18(24)9-5-16)17-6-10-20(28-3)11-7-17/h4-11,14-15,21H,12-13H2,1-3H3,(H,26,27). The van der Waals surface area contributed by atoms with Crippen LogP contribution in [0.5, 0.6) is 5.75 Å². The van der Waals surface area contributed by atoms with Crippen molar-refractivity contribution in [3.63, 3.8) is 0 Å². The molecule has 3 rings (SSSR count). The predicted molar refractivity (Wildman–Crippen MR) is 114 cm³/mol. The number of benzene rings is 2. The largest absolute Gasteiger partial charge is 0.497 e. The summed E-state index contributed by atoms with van der Waals surface area (Å²) in [5.74, 6) is 0.739. The Kier molecular flexibility index (Phi) is 6.99. The lowest BCUT2D eigenvalue weighted by Crippen LogP contribution is -2.31. The molecule has 0 radical (unpaired) electrons. The second kappa shape index (κ2) is 9.65. The molecule has 3 aromatic rings. The van der Waals surface area contributed by atoms with Crippen molar-refractivity contribution in [1.82, 2.24) is 10.3 Å². The average Bonchev–Trinajstić information content (AvgIpc) is 3.18. The molecule has 29 heavy (non-hydrogen) atoms. The molecule has 0 aliphatic heterocycles. The fourth-order valence-electron chi connectivity index (χ4n) is 3.02. The van der Waals surface area contributed by atoms with Crippen molar-refractivity contribution in [2.24, 2.45) is 0 Å². The Morgan fingerprint density at radius 3 is 2.41 bits per heavy atom. The van der Waals surface area contributed by atoms with E-state index in [1.165, 1.54) is 12.1 Å². The first kappa shape index (κ1) is 21.0. The van der Waals surface area contributed by atoms with Crippen LogP contribution in [0.2, 0.25) is 0 Å². The molecule has 2 aromatic carbocycles. The van der Waals surface area contributed by atoms with Gasteiger partial charge in [-0.2, -0.15) is 0 Å². The molecule has 1 atom stereocenters. The molecule has 4 nitrogen and oxygen atoms in total. The molecule has 1 heterocycles. The number of nitrogens with one attached hydrogen (secondary N) is 1. The Morgan fingerprint density at radius 1 is 1.14 bits per heavy atom. The number of halogens is 1. The van der Waals surface area contributed by atoms with Crippen LogP contribution >= 0.6 is 11.3 Å². The maximum absolute atomic E-state index is 13.3. The fraction of sp³-hybridized carbons (Fsp3) is 0.304. The van der Waals surface area contributed by atoms with Crippen LogP contribution in [-0.2, 0) is 17.6 Å². The molecule has 0 aliphatic carbocycles. The predicted octanol–water partition coefficient (Wildman–Crippen LogP) is 5.06. The zero-order chi connectivity index (χ0) is 20.8. The van der Waals surface area contributed by atoms with Crippen LogP contribution in [0, 0.1) is 5.82 Å². The van der Waals surface area contributed by atoms with Crippen LogP contribution in [0.15, 0.2) is 53.9 Å². The van der Waals surface area contributed by atoms with E-state index in [4.69, 9.17) is 4.74 Å². The average molecular weight is 413 g/mol. The SMILES string of the molecule is COc1ccc(C(Cc2ccc(F)cc2)NC(=O)Cc2csc(C(C)C)n2)cc1. The lowest BCUT2D eigenvalue weighted by Gasteiger charge is -2.20. The second-order valence-electron chi connectivity index (χ2n) is 7.23. The number of ether oxygens (including phenoxy) is 1. The normalized spacial score (nSPS) is 12.0. The zero-order valence-corrected chi connectivity index (χ0v) is 17.6. The molecule has 0 saturated heterocycles. The van der Waals surface area contributed by atoms with E-state index < -0.39 is 0 Å². The molecule has 0 aliphatic rings. The number of hydrogen-bond acceptors (Lipinski definition) is 4. The van der Waals surface area contributed by atoms with E-state index in [-0.39, 0.29) is 24.2 Å². The third-order valence-electron chi connectivity index (χ3n) is 4.61. The molecular weight excluding hydrogens is 387 g/mol. The van der Waals surface area contributed by atoms with E-state index >= 15 is 0 Å². The van der Waals surface area contributed by atoms with Crippen LogP contribution < -0.4 is 10.1 Å². The molecule has 0 fully saturated rings. The third-order valence-corrected chi connectivity index (χ3v) is 5.81. The van der Waals surface area contributed by atoms with Crippen molar-refractivity contribution in [1.29, 1.82) is 0 Å². The van der Waals surface area contributed by atoms with Gasteiger partial charge in [-0.3, -0.25) is 4.79 Å². The van der Waals surface area contributed by atoms with Gasteiger partial charge in [0.2, 0.25) is 5.91 Å². The molecule has 1 aromatic heterocycles. The molecule has 0 spiro atoms. The zero-order valence-electron chi connectivity index (χ0n) is 16.8. The van der Waals surface area contributed by atoms with Crippen LogP contribution in [0.25, 0.3) is 0 Å². The third kappa shape index (κ3) is 5.87. The Balaban J connectivity index is 1.75. The number of methoxy groups -OCH3 is 1. The maximum Gasteiger partial charge on any atom is 0.226 e. The fourth-order valence-corrected chi connectivity index (χ4v) is 3.86. The lowest BCUT2D eigenvalue weighted by atomic mass is 9.98. The molecule has 1 N–H and O–H groups in total. The van der Waals surface area contributed by atoms with Crippen LogP contribution in [0.1, 0.15) is 47.6 Å². The Hall–Kier alpha value is -2.73. The summed E-state index contributed by atoms with van der Waals surface area (Å²) in [5.41, 5.74) is 2.69. The van der Waals surface area contributed by atoms with Crippen molar-refractivity contribution < 1.29 is 13.9 Å². The summed E-state index contributed by atoms with van der Waals surface area (Å²) >= 11 is 1.58. The summed E-state index contributed by atoms with van der Waals surface area (Å²) in [6.45, 7) is 4.18. The highest BCUT2D eigenvalue weighted by Gasteiger charge is 2.17. The van der Waals surface area contributed by atoms with Gasteiger partial charge in [0, 0.05) is 11.3 Å². The summed E-state index contributed by atoms with van der Waals surface area (Å²) in [4.78, 5) is 17.3. The molecular formula is C23H25FN2O2S. The number of thiazole rings is 1. The number of rotatable bonds is 8. The smallest absolute Gasteiger partial charge is 0.226 e.